The highest BCUT2D eigenvalue weighted by Gasteiger charge is 2.25. The molecule has 2 N–H and O–H groups in total. The Kier molecular flexibility index (Phi) is 16.2. The second kappa shape index (κ2) is 22.8. The first-order valence-corrected chi connectivity index (χ1v) is 24.3. The molecule has 0 unspecified atom stereocenters. The summed E-state index contributed by atoms with van der Waals surface area (Å²) < 4.78 is 33.6. The van der Waals surface area contributed by atoms with Gasteiger partial charge in [0.1, 0.15) is 22.8 Å². The van der Waals surface area contributed by atoms with Crippen LogP contribution in [0.15, 0.2) is 155 Å². The molecule has 2 aliphatic heterocycles. The van der Waals surface area contributed by atoms with Gasteiger partial charge in [-0.15, -0.1) is 12.4 Å². The Morgan fingerprint density at radius 3 is 1.12 bits per heavy atom. The summed E-state index contributed by atoms with van der Waals surface area (Å²) in [4.78, 5) is 56.9. The van der Waals surface area contributed by atoms with Crippen LogP contribution in [0, 0.1) is 11.6 Å². The van der Waals surface area contributed by atoms with Crippen molar-refractivity contribution in [3.05, 3.63) is 200 Å². The van der Waals surface area contributed by atoms with Gasteiger partial charge in [0.15, 0.2) is 0 Å². The van der Waals surface area contributed by atoms with Crippen molar-refractivity contribution in [1.29, 1.82) is 0 Å². The van der Waals surface area contributed by atoms with E-state index in [0.29, 0.717) is 61.7 Å². The Balaban J connectivity index is 0.000000192. The van der Waals surface area contributed by atoms with Gasteiger partial charge in [0.2, 0.25) is 10.9 Å². The third-order valence-electron chi connectivity index (χ3n) is 13.8. The van der Waals surface area contributed by atoms with E-state index < -0.39 is 34.4 Å². The fourth-order valence-electron chi connectivity index (χ4n) is 9.79. The van der Waals surface area contributed by atoms with Gasteiger partial charge >= 0.3 is 11.9 Å². The van der Waals surface area contributed by atoms with Crippen molar-refractivity contribution in [2.24, 2.45) is 0 Å². The van der Waals surface area contributed by atoms with Crippen LogP contribution >= 0.6 is 12.4 Å². The summed E-state index contributed by atoms with van der Waals surface area (Å²) in [7, 11) is 0. The number of aromatic nitrogens is 2. The van der Waals surface area contributed by atoms with Gasteiger partial charge in [-0.1, -0.05) is 109 Å². The number of pyridine rings is 2. The molecular weight excluding hydrogens is 950 g/mol. The van der Waals surface area contributed by atoms with Crippen LogP contribution in [0.1, 0.15) is 45.7 Å². The van der Waals surface area contributed by atoms with E-state index in [1.807, 2.05) is 60.0 Å². The molecule has 0 radical (unpaired) electrons. The van der Waals surface area contributed by atoms with Crippen molar-refractivity contribution < 1.29 is 28.6 Å². The van der Waals surface area contributed by atoms with Gasteiger partial charge in [-0.2, -0.15) is 0 Å². The van der Waals surface area contributed by atoms with Crippen LogP contribution in [0.5, 0.6) is 0 Å². The summed E-state index contributed by atoms with van der Waals surface area (Å²) in [5.74, 6) is -3.62. The normalized spacial score (nSPS) is 14.1. The summed E-state index contributed by atoms with van der Waals surface area (Å²) in [5.41, 5.74) is 7.23. The minimum absolute atomic E-state index is 0. The predicted molar refractivity (Wildman–Crippen MR) is 288 cm³/mol. The standard InChI is InChI=1S/2C29H28FN3O3.ClH/c2*1-2-32-19-24(29(35)36)28(34)23-16-25(30)27(17-26(23)32)33-14-12-31(13-15-33)18-20-8-10-22(11-9-20)21-6-4-3-5-7-21;/h2*3-11,16-17,19H,2,12-15,18H2,1H3,(H,35,36);1H. The number of hydrogen-bond acceptors (Lipinski definition) is 8. The lowest BCUT2D eigenvalue weighted by atomic mass is 10.0. The number of aryl methyl sites for hydroxylation is 2. The summed E-state index contributed by atoms with van der Waals surface area (Å²) in [6.07, 6.45) is 2.69. The molecule has 8 aromatic rings. The average Bonchev–Trinajstić information content (AvgIpc) is 3.40. The fraction of sp³-hybridized carbons (Fsp3) is 0.241. The Labute approximate surface area is 428 Å². The molecule has 2 aliphatic rings. The number of anilines is 2. The number of hydrogen-bond donors (Lipinski definition) is 2. The van der Waals surface area contributed by atoms with E-state index in [0.717, 1.165) is 39.3 Å². The monoisotopic (exact) mass is 1010 g/mol. The molecule has 10 rings (SSSR count). The van der Waals surface area contributed by atoms with Crippen LogP contribution in [-0.4, -0.2) is 93.4 Å². The Hall–Kier alpha value is -7.65. The lowest BCUT2D eigenvalue weighted by molar-refractivity contribution is 0.0684. The summed E-state index contributed by atoms with van der Waals surface area (Å²) in [6.45, 7) is 12.1. The van der Waals surface area contributed by atoms with Crippen molar-refractivity contribution in [3.8, 4) is 22.3 Å². The van der Waals surface area contributed by atoms with Crippen LogP contribution in [-0.2, 0) is 26.2 Å². The smallest absolute Gasteiger partial charge is 0.341 e. The second-order valence-corrected chi connectivity index (χ2v) is 18.2. The second-order valence-electron chi connectivity index (χ2n) is 18.2. The van der Waals surface area contributed by atoms with Crippen LogP contribution in [0.2, 0.25) is 0 Å². The minimum atomic E-state index is -1.31. The minimum Gasteiger partial charge on any atom is -0.477 e. The van der Waals surface area contributed by atoms with E-state index >= 15 is 8.78 Å². The van der Waals surface area contributed by atoms with E-state index in [-0.39, 0.29) is 34.3 Å². The molecule has 0 saturated carbocycles. The largest absolute Gasteiger partial charge is 0.477 e. The first kappa shape index (κ1) is 51.7. The summed E-state index contributed by atoms with van der Waals surface area (Å²) >= 11 is 0. The number of halogens is 3. The fourth-order valence-corrected chi connectivity index (χ4v) is 9.79. The first-order chi connectivity index (χ1) is 34.9. The third kappa shape index (κ3) is 11.4. The average molecular weight is 1010 g/mol. The molecule has 2 aromatic heterocycles. The molecule has 2 saturated heterocycles. The van der Waals surface area contributed by atoms with E-state index in [2.05, 4.69) is 82.6 Å². The van der Waals surface area contributed by atoms with E-state index in [1.54, 1.807) is 21.3 Å². The number of piperazine rings is 2. The molecule has 0 aliphatic carbocycles. The van der Waals surface area contributed by atoms with Crippen molar-refractivity contribution >= 4 is 57.5 Å². The number of aromatic carboxylic acids is 2. The predicted octanol–water partition coefficient (Wildman–Crippen LogP) is 10.1. The van der Waals surface area contributed by atoms with E-state index in [1.165, 1.54) is 57.9 Å². The molecule has 0 spiro atoms. The molecule has 6 aromatic carbocycles. The van der Waals surface area contributed by atoms with E-state index in [9.17, 15) is 29.4 Å². The van der Waals surface area contributed by atoms with Crippen LogP contribution in [0.25, 0.3) is 44.1 Å². The number of benzene rings is 6. The first-order valence-electron chi connectivity index (χ1n) is 24.3. The molecule has 0 atom stereocenters. The molecular formula is C58H57ClF2N6O6. The van der Waals surface area contributed by atoms with Crippen LogP contribution in [0.4, 0.5) is 20.2 Å². The van der Waals surface area contributed by atoms with Crippen molar-refractivity contribution in [2.75, 3.05) is 62.2 Å². The van der Waals surface area contributed by atoms with Crippen molar-refractivity contribution in [2.45, 2.75) is 40.0 Å². The van der Waals surface area contributed by atoms with Crippen molar-refractivity contribution in [3.63, 3.8) is 0 Å². The molecule has 0 bridgehead atoms. The third-order valence-corrected chi connectivity index (χ3v) is 13.8. The van der Waals surface area contributed by atoms with Gasteiger partial charge in [-0.3, -0.25) is 19.4 Å². The number of fused-ring (bicyclic) bond motifs is 2. The molecule has 15 heteroatoms. The van der Waals surface area contributed by atoms with Gasteiger partial charge < -0.3 is 29.1 Å². The molecule has 4 heterocycles. The highest BCUT2D eigenvalue weighted by molar-refractivity contribution is 5.94. The lowest BCUT2D eigenvalue weighted by Gasteiger charge is -2.36. The number of nitrogens with zero attached hydrogens (tertiary/aromatic N) is 6. The van der Waals surface area contributed by atoms with Gasteiger partial charge in [-0.05, 0) is 71.5 Å². The molecule has 376 valence electrons. The Morgan fingerprint density at radius 1 is 0.479 bits per heavy atom. The molecule has 73 heavy (non-hydrogen) atoms. The highest BCUT2D eigenvalue weighted by Crippen LogP contribution is 2.29. The molecule has 2 fully saturated rings. The summed E-state index contributed by atoms with van der Waals surface area (Å²) in [5, 5.41) is 18.9. The Morgan fingerprint density at radius 2 is 0.808 bits per heavy atom. The molecule has 12 nitrogen and oxygen atoms in total. The zero-order chi connectivity index (χ0) is 50.5. The Bertz CT molecular complexity index is 3150. The van der Waals surface area contributed by atoms with Gasteiger partial charge in [0.25, 0.3) is 0 Å². The van der Waals surface area contributed by atoms with E-state index in [4.69, 9.17) is 0 Å². The van der Waals surface area contributed by atoms with Crippen LogP contribution in [0.3, 0.4) is 0 Å². The topological polar surface area (TPSA) is 132 Å². The molecule has 0 amide bonds. The number of carbonyl (C=O) groups is 2. The zero-order valence-electron chi connectivity index (χ0n) is 40.7. The maximum Gasteiger partial charge on any atom is 0.341 e. The van der Waals surface area contributed by atoms with Crippen LogP contribution < -0.4 is 20.7 Å². The van der Waals surface area contributed by atoms with Gasteiger partial charge in [0.05, 0.1) is 22.4 Å². The quantitative estimate of drug-likeness (QED) is 0.122. The summed E-state index contributed by atoms with van der Waals surface area (Å²) in [6, 6.07) is 43.5. The van der Waals surface area contributed by atoms with Gasteiger partial charge in [0, 0.05) is 102 Å². The maximum atomic E-state index is 15.1. The highest BCUT2D eigenvalue weighted by atomic mass is 35.5. The number of carboxylic acid groups (broad SMARTS) is 2. The maximum absolute atomic E-state index is 15.1. The SMILES string of the molecule is CCn1cc(C(=O)O)c(=O)c2cc(F)c(N3CCN(Cc4ccc(-c5ccccc5)cc4)CC3)cc21.CCn1cc(C(=O)O)c(=O)c2cc(F)c(N3CCN(Cc4ccc(-c5ccccc5)cc4)CC3)cc21.Cl. The van der Waals surface area contributed by atoms with Crippen molar-refractivity contribution in [1.82, 2.24) is 18.9 Å². The lowest BCUT2D eigenvalue weighted by Crippen LogP contribution is -2.46. The number of carboxylic acids is 2. The zero-order valence-corrected chi connectivity index (χ0v) is 41.5. The number of rotatable bonds is 12. The van der Waals surface area contributed by atoms with Gasteiger partial charge in [-0.25, -0.2) is 18.4 Å².